The minimum atomic E-state index is 0.203. The predicted octanol–water partition coefficient (Wildman–Crippen LogP) is 5.34. The number of ether oxygens (including phenoxy) is 1. The molecule has 0 atom stereocenters. The third-order valence-corrected chi connectivity index (χ3v) is 3.84. The van der Waals surface area contributed by atoms with E-state index in [1.54, 1.807) is 0 Å². The van der Waals surface area contributed by atoms with Crippen molar-refractivity contribution in [3.8, 4) is 5.75 Å². The van der Waals surface area contributed by atoms with Crippen molar-refractivity contribution in [2.45, 2.75) is 26.5 Å². The van der Waals surface area contributed by atoms with Gasteiger partial charge in [0, 0.05) is 20.8 Å². The molecule has 20 heavy (non-hydrogen) atoms. The zero-order valence-electron chi connectivity index (χ0n) is 11.5. The van der Waals surface area contributed by atoms with Crippen molar-refractivity contribution in [2.24, 2.45) is 0 Å². The highest BCUT2D eigenvalue weighted by Crippen LogP contribution is 2.23. The molecule has 4 heteroatoms. The quantitative estimate of drug-likeness (QED) is 0.683. The predicted molar refractivity (Wildman–Crippen MR) is 93.7 cm³/mol. The second-order valence-corrected chi connectivity index (χ2v) is 6.39. The van der Waals surface area contributed by atoms with Gasteiger partial charge in [0.1, 0.15) is 5.75 Å². The van der Waals surface area contributed by atoms with Crippen LogP contribution in [0.1, 0.15) is 19.4 Å². The Morgan fingerprint density at radius 1 is 1.15 bits per heavy atom. The topological polar surface area (TPSA) is 21.3 Å². The van der Waals surface area contributed by atoms with Crippen molar-refractivity contribution >= 4 is 39.9 Å². The lowest BCUT2D eigenvalue weighted by molar-refractivity contribution is 0.242. The zero-order chi connectivity index (χ0) is 14.5. The zero-order valence-corrected chi connectivity index (χ0v) is 14.4. The van der Waals surface area contributed by atoms with E-state index in [0.717, 1.165) is 26.6 Å². The molecule has 2 nitrogen and oxygen atoms in total. The summed E-state index contributed by atoms with van der Waals surface area (Å²) in [5.41, 5.74) is 2.31. The maximum absolute atomic E-state index is 5.95. The first-order valence-electron chi connectivity index (χ1n) is 6.49. The highest BCUT2D eigenvalue weighted by molar-refractivity contribution is 14.1. The first-order valence-corrected chi connectivity index (χ1v) is 7.95. The van der Waals surface area contributed by atoms with Crippen molar-refractivity contribution in [2.75, 3.05) is 5.32 Å². The minimum Gasteiger partial charge on any atom is -0.491 e. The number of hydrogen-bond donors (Lipinski definition) is 1. The second kappa shape index (κ2) is 7.18. The van der Waals surface area contributed by atoms with Crippen LogP contribution < -0.4 is 10.1 Å². The summed E-state index contributed by atoms with van der Waals surface area (Å²) in [6.45, 7) is 4.83. The summed E-state index contributed by atoms with van der Waals surface area (Å²) in [7, 11) is 0. The van der Waals surface area contributed by atoms with E-state index < -0.39 is 0 Å². The van der Waals surface area contributed by atoms with Crippen molar-refractivity contribution < 1.29 is 4.74 Å². The van der Waals surface area contributed by atoms with Crippen LogP contribution in [0.25, 0.3) is 0 Å². The number of anilines is 1. The Morgan fingerprint density at radius 3 is 2.45 bits per heavy atom. The van der Waals surface area contributed by atoms with Gasteiger partial charge in [-0.25, -0.2) is 0 Å². The summed E-state index contributed by atoms with van der Waals surface area (Å²) in [5.74, 6) is 0.907. The molecule has 0 aliphatic carbocycles. The molecular weight excluding hydrogens is 385 g/mol. The van der Waals surface area contributed by atoms with Crippen molar-refractivity contribution in [1.82, 2.24) is 0 Å². The van der Waals surface area contributed by atoms with E-state index in [-0.39, 0.29) is 6.10 Å². The molecule has 0 fully saturated rings. The third kappa shape index (κ3) is 4.56. The van der Waals surface area contributed by atoms with Crippen LogP contribution in [0.5, 0.6) is 5.75 Å². The van der Waals surface area contributed by atoms with Crippen LogP contribution >= 0.6 is 34.2 Å². The SMILES string of the molecule is CC(C)Oc1ccc(CNc2ccc(Cl)cc2I)cc1. The molecule has 0 aliphatic rings. The number of rotatable bonds is 5. The average molecular weight is 402 g/mol. The van der Waals surface area contributed by atoms with Gasteiger partial charge in [0.25, 0.3) is 0 Å². The fourth-order valence-corrected chi connectivity index (χ4v) is 2.85. The van der Waals surface area contributed by atoms with E-state index in [4.69, 9.17) is 16.3 Å². The van der Waals surface area contributed by atoms with Crippen LogP contribution in [0.15, 0.2) is 42.5 Å². The number of nitrogens with one attached hydrogen (secondary N) is 1. The summed E-state index contributed by atoms with van der Waals surface area (Å²) in [5, 5.41) is 4.17. The van der Waals surface area contributed by atoms with Crippen molar-refractivity contribution in [3.63, 3.8) is 0 Å². The molecule has 0 amide bonds. The summed E-state index contributed by atoms with van der Waals surface area (Å²) in [6, 6.07) is 14.0. The standard InChI is InChI=1S/C16H17ClINO/c1-11(2)20-14-6-3-12(4-7-14)10-19-16-8-5-13(17)9-15(16)18/h3-9,11,19H,10H2,1-2H3. The molecule has 0 aliphatic heterocycles. The van der Waals surface area contributed by atoms with E-state index in [1.807, 2.05) is 44.2 Å². The Balaban J connectivity index is 1.96. The van der Waals surface area contributed by atoms with Crippen molar-refractivity contribution in [3.05, 3.63) is 56.6 Å². The van der Waals surface area contributed by atoms with Gasteiger partial charge < -0.3 is 10.1 Å². The molecule has 106 valence electrons. The van der Waals surface area contributed by atoms with E-state index in [1.165, 1.54) is 5.56 Å². The summed E-state index contributed by atoms with van der Waals surface area (Å²) in [4.78, 5) is 0. The van der Waals surface area contributed by atoms with Gasteiger partial charge in [-0.1, -0.05) is 23.7 Å². The molecule has 0 spiro atoms. The van der Waals surface area contributed by atoms with Crippen LogP contribution in [0, 0.1) is 3.57 Å². The molecule has 0 saturated heterocycles. The Hall–Kier alpha value is -0.940. The number of benzene rings is 2. The van der Waals surface area contributed by atoms with Crippen LogP contribution in [0.3, 0.4) is 0 Å². The van der Waals surface area contributed by atoms with Gasteiger partial charge in [0.2, 0.25) is 0 Å². The maximum atomic E-state index is 5.95. The summed E-state index contributed by atoms with van der Waals surface area (Å²) >= 11 is 8.23. The van der Waals surface area contributed by atoms with Crippen LogP contribution in [0.2, 0.25) is 5.02 Å². The maximum Gasteiger partial charge on any atom is 0.119 e. The van der Waals surface area contributed by atoms with E-state index in [0.29, 0.717) is 0 Å². The number of hydrogen-bond acceptors (Lipinski definition) is 2. The summed E-state index contributed by atoms with van der Waals surface area (Å²) < 4.78 is 6.75. The largest absolute Gasteiger partial charge is 0.491 e. The molecule has 0 unspecified atom stereocenters. The Bertz CT molecular complexity index is 569. The van der Waals surface area contributed by atoms with Gasteiger partial charge in [0.15, 0.2) is 0 Å². The third-order valence-electron chi connectivity index (χ3n) is 2.71. The Kier molecular flexibility index (Phi) is 5.54. The monoisotopic (exact) mass is 401 g/mol. The normalized spacial score (nSPS) is 10.7. The first kappa shape index (κ1) is 15.4. The van der Waals surface area contributed by atoms with E-state index in [2.05, 4.69) is 40.0 Å². The molecular formula is C16H17ClINO. The summed E-state index contributed by atoms with van der Waals surface area (Å²) in [6.07, 6.45) is 0.203. The van der Waals surface area contributed by atoms with E-state index in [9.17, 15) is 0 Å². The lowest BCUT2D eigenvalue weighted by Gasteiger charge is -2.11. The minimum absolute atomic E-state index is 0.203. The van der Waals surface area contributed by atoms with Crippen LogP contribution in [-0.2, 0) is 6.54 Å². The van der Waals surface area contributed by atoms with Crippen molar-refractivity contribution in [1.29, 1.82) is 0 Å². The molecule has 0 saturated carbocycles. The molecule has 0 bridgehead atoms. The fraction of sp³-hybridized carbons (Fsp3) is 0.250. The van der Waals surface area contributed by atoms with Gasteiger partial charge in [-0.15, -0.1) is 0 Å². The lowest BCUT2D eigenvalue weighted by Crippen LogP contribution is -2.05. The highest BCUT2D eigenvalue weighted by atomic mass is 127. The van der Waals surface area contributed by atoms with Gasteiger partial charge >= 0.3 is 0 Å². The molecule has 2 aromatic carbocycles. The van der Waals surface area contributed by atoms with Gasteiger partial charge in [-0.3, -0.25) is 0 Å². The fourth-order valence-electron chi connectivity index (χ4n) is 1.79. The Labute approximate surface area is 138 Å². The second-order valence-electron chi connectivity index (χ2n) is 4.79. The van der Waals surface area contributed by atoms with E-state index >= 15 is 0 Å². The lowest BCUT2D eigenvalue weighted by atomic mass is 10.2. The molecule has 0 radical (unpaired) electrons. The highest BCUT2D eigenvalue weighted by Gasteiger charge is 2.01. The van der Waals surface area contributed by atoms with Gasteiger partial charge in [0.05, 0.1) is 6.10 Å². The van der Waals surface area contributed by atoms with Crippen LogP contribution in [-0.4, -0.2) is 6.10 Å². The molecule has 2 rings (SSSR count). The first-order chi connectivity index (χ1) is 9.54. The van der Waals surface area contributed by atoms with Gasteiger partial charge in [-0.2, -0.15) is 0 Å². The molecule has 0 heterocycles. The van der Waals surface area contributed by atoms with Gasteiger partial charge in [-0.05, 0) is 72.3 Å². The molecule has 2 aromatic rings. The molecule has 0 aromatic heterocycles. The smallest absolute Gasteiger partial charge is 0.119 e. The molecule has 1 N–H and O–H groups in total. The number of halogens is 2. The average Bonchev–Trinajstić information content (AvgIpc) is 2.39. The Morgan fingerprint density at radius 2 is 1.85 bits per heavy atom. The van der Waals surface area contributed by atoms with Crippen LogP contribution in [0.4, 0.5) is 5.69 Å².